The summed E-state index contributed by atoms with van der Waals surface area (Å²) < 4.78 is 1.56. The first-order valence-corrected chi connectivity index (χ1v) is 12.7. The molecule has 36 heavy (non-hydrogen) atoms. The molecule has 9 heteroatoms. The summed E-state index contributed by atoms with van der Waals surface area (Å²) >= 11 is 0. The van der Waals surface area contributed by atoms with Gasteiger partial charge in [-0.05, 0) is 50.8 Å². The average Bonchev–Trinajstić information content (AvgIpc) is 3.44. The molecule has 1 aromatic carbocycles. The number of carbonyl (C=O) groups excluding carboxylic acids is 3. The Morgan fingerprint density at radius 3 is 2.11 bits per heavy atom. The minimum atomic E-state index is -1.03. The van der Waals surface area contributed by atoms with Crippen LogP contribution in [0.25, 0.3) is 0 Å². The van der Waals surface area contributed by atoms with Crippen molar-refractivity contribution >= 4 is 17.7 Å². The number of nitrogens with zero attached hydrogens (tertiary/aromatic N) is 4. The highest BCUT2D eigenvalue weighted by molar-refractivity contribution is 6.01. The summed E-state index contributed by atoms with van der Waals surface area (Å²) in [5.41, 5.74) is 8.52. The van der Waals surface area contributed by atoms with Gasteiger partial charge in [0.2, 0.25) is 0 Å². The van der Waals surface area contributed by atoms with Crippen LogP contribution in [-0.4, -0.2) is 68.6 Å². The van der Waals surface area contributed by atoms with Crippen molar-refractivity contribution in [3.8, 4) is 0 Å². The molecule has 1 saturated carbocycles. The van der Waals surface area contributed by atoms with Crippen LogP contribution in [0, 0.1) is 6.92 Å². The first-order chi connectivity index (χ1) is 17.0. The lowest BCUT2D eigenvalue weighted by atomic mass is 9.92. The molecular formula is C27H38N6O3. The number of carbonyl (C=O) groups is 3. The van der Waals surface area contributed by atoms with Crippen molar-refractivity contribution in [2.24, 2.45) is 12.8 Å². The third-order valence-electron chi connectivity index (χ3n) is 7.21. The molecule has 2 heterocycles. The molecule has 1 aromatic heterocycles. The van der Waals surface area contributed by atoms with E-state index in [1.165, 1.54) is 9.80 Å². The number of hydrogen-bond donors (Lipinski definition) is 2. The normalized spacial score (nSPS) is 22.6. The quantitative estimate of drug-likeness (QED) is 0.677. The highest BCUT2D eigenvalue weighted by atomic mass is 16.2. The molecule has 2 fully saturated rings. The second-order valence-electron chi connectivity index (χ2n) is 11.1. The molecule has 0 bridgehead atoms. The third-order valence-corrected chi connectivity index (χ3v) is 7.21. The van der Waals surface area contributed by atoms with Crippen molar-refractivity contribution < 1.29 is 14.4 Å². The van der Waals surface area contributed by atoms with Crippen molar-refractivity contribution in [3.05, 3.63) is 52.8 Å². The maximum atomic E-state index is 13.7. The molecule has 1 aliphatic carbocycles. The molecule has 4 rings (SSSR count). The van der Waals surface area contributed by atoms with Gasteiger partial charge in [-0.3, -0.25) is 19.1 Å². The van der Waals surface area contributed by atoms with Crippen LogP contribution >= 0.6 is 0 Å². The van der Waals surface area contributed by atoms with Gasteiger partial charge in [0, 0.05) is 43.2 Å². The summed E-state index contributed by atoms with van der Waals surface area (Å²) in [4.78, 5) is 43.9. The van der Waals surface area contributed by atoms with E-state index >= 15 is 0 Å². The van der Waals surface area contributed by atoms with Crippen molar-refractivity contribution in [2.45, 2.75) is 77.0 Å². The molecule has 2 aromatic rings. The van der Waals surface area contributed by atoms with Gasteiger partial charge < -0.3 is 20.9 Å². The number of aryl methyl sites for hydroxylation is 2. The standard InChI is InChI=1S/C27H38N6O3/c1-17-6-8-18(9-7-17)25(35)32-14-15-33(24(32)23(34)29-20-12-10-19(28)11-13-20)26(36)21-16-22(27(2,3)4)30-31(21)5/h6-9,16,19-20,24H,10-15,28H2,1-5H3,(H,29,34). The van der Waals surface area contributed by atoms with Gasteiger partial charge in [-0.15, -0.1) is 0 Å². The van der Waals surface area contributed by atoms with E-state index < -0.39 is 6.17 Å². The van der Waals surface area contributed by atoms with Crippen molar-refractivity contribution in [1.29, 1.82) is 0 Å². The number of benzene rings is 1. The Morgan fingerprint density at radius 1 is 0.972 bits per heavy atom. The Morgan fingerprint density at radius 2 is 1.56 bits per heavy atom. The summed E-state index contributed by atoms with van der Waals surface area (Å²) in [6, 6.07) is 9.18. The maximum Gasteiger partial charge on any atom is 0.274 e. The molecule has 2 aliphatic rings. The first-order valence-electron chi connectivity index (χ1n) is 12.7. The zero-order chi connectivity index (χ0) is 26.2. The molecular weight excluding hydrogens is 456 g/mol. The van der Waals surface area contributed by atoms with Crippen LogP contribution in [0.15, 0.2) is 30.3 Å². The Bertz CT molecular complexity index is 1130. The zero-order valence-electron chi connectivity index (χ0n) is 22.0. The van der Waals surface area contributed by atoms with Gasteiger partial charge in [0.05, 0.1) is 5.69 Å². The van der Waals surface area contributed by atoms with Crippen LogP contribution in [0.3, 0.4) is 0 Å². The van der Waals surface area contributed by atoms with E-state index in [0.29, 0.717) is 11.3 Å². The fraction of sp³-hybridized carbons (Fsp3) is 0.556. The Kier molecular flexibility index (Phi) is 7.22. The predicted octanol–water partition coefficient (Wildman–Crippen LogP) is 2.34. The molecule has 1 atom stereocenters. The Hall–Kier alpha value is -3.20. The van der Waals surface area contributed by atoms with Crippen LogP contribution in [0.5, 0.6) is 0 Å². The SMILES string of the molecule is Cc1ccc(C(=O)N2CCN(C(=O)c3cc(C(C)(C)C)nn3C)C2C(=O)NC2CCC(N)CC2)cc1. The van der Waals surface area contributed by atoms with Crippen LogP contribution in [0.2, 0.25) is 0 Å². The smallest absolute Gasteiger partial charge is 0.274 e. The van der Waals surface area contributed by atoms with E-state index in [1.807, 2.05) is 39.8 Å². The number of hydrogen-bond acceptors (Lipinski definition) is 5. The lowest BCUT2D eigenvalue weighted by molar-refractivity contribution is -0.129. The van der Waals surface area contributed by atoms with E-state index in [-0.39, 0.29) is 48.3 Å². The Labute approximate surface area is 213 Å². The number of aromatic nitrogens is 2. The molecule has 1 saturated heterocycles. The van der Waals surface area contributed by atoms with Gasteiger partial charge in [-0.1, -0.05) is 38.5 Å². The van der Waals surface area contributed by atoms with Crippen molar-refractivity contribution in [3.63, 3.8) is 0 Å². The second kappa shape index (κ2) is 10.0. The lowest BCUT2D eigenvalue weighted by Gasteiger charge is -2.32. The highest BCUT2D eigenvalue weighted by Crippen LogP contribution is 2.26. The van der Waals surface area contributed by atoms with Gasteiger partial charge in [0.25, 0.3) is 17.7 Å². The average molecular weight is 495 g/mol. The molecule has 3 amide bonds. The maximum absolute atomic E-state index is 13.7. The van der Waals surface area contributed by atoms with E-state index in [2.05, 4.69) is 10.4 Å². The van der Waals surface area contributed by atoms with E-state index in [0.717, 1.165) is 36.9 Å². The number of amides is 3. The molecule has 1 unspecified atom stereocenters. The van der Waals surface area contributed by atoms with Crippen LogP contribution in [0.1, 0.15) is 78.6 Å². The third kappa shape index (κ3) is 5.31. The molecule has 9 nitrogen and oxygen atoms in total. The van der Waals surface area contributed by atoms with Gasteiger partial charge >= 0.3 is 0 Å². The lowest BCUT2D eigenvalue weighted by Crippen LogP contribution is -2.56. The monoisotopic (exact) mass is 494 g/mol. The summed E-state index contributed by atoms with van der Waals surface area (Å²) in [6.07, 6.45) is 2.23. The topological polar surface area (TPSA) is 114 Å². The summed E-state index contributed by atoms with van der Waals surface area (Å²) in [7, 11) is 1.73. The number of nitrogens with two attached hydrogens (primary N) is 1. The fourth-order valence-electron chi connectivity index (χ4n) is 4.92. The largest absolute Gasteiger partial charge is 0.350 e. The molecule has 0 radical (unpaired) electrons. The van der Waals surface area contributed by atoms with Crippen molar-refractivity contribution in [1.82, 2.24) is 24.9 Å². The predicted molar refractivity (Wildman–Crippen MR) is 137 cm³/mol. The van der Waals surface area contributed by atoms with Gasteiger partial charge in [-0.25, -0.2) is 0 Å². The van der Waals surface area contributed by atoms with E-state index in [1.54, 1.807) is 29.9 Å². The Balaban J connectivity index is 1.63. The van der Waals surface area contributed by atoms with E-state index in [4.69, 9.17) is 5.73 Å². The summed E-state index contributed by atoms with van der Waals surface area (Å²) in [6.45, 7) is 8.60. The number of nitrogens with one attached hydrogen (secondary N) is 1. The number of rotatable bonds is 4. The molecule has 0 spiro atoms. The van der Waals surface area contributed by atoms with Gasteiger partial charge in [0.15, 0.2) is 6.17 Å². The molecule has 194 valence electrons. The molecule has 1 aliphatic heterocycles. The first kappa shape index (κ1) is 25.9. The van der Waals surface area contributed by atoms with Crippen LogP contribution in [-0.2, 0) is 17.3 Å². The minimum Gasteiger partial charge on any atom is -0.350 e. The fourth-order valence-corrected chi connectivity index (χ4v) is 4.92. The zero-order valence-corrected chi connectivity index (χ0v) is 22.0. The summed E-state index contributed by atoms with van der Waals surface area (Å²) in [5, 5.41) is 7.63. The van der Waals surface area contributed by atoms with Gasteiger partial charge in [0.1, 0.15) is 5.69 Å². The highest BCUT2D eigenvalue weighted by Gasteiger charge is 2.44. The molecule has 3 N–H and O–H groups in total. The van der Waals surface area contributed by atoms with Crippen molar-refractivity contribution in [2.75, 3.05) is 13.1 Å². The van der Waals surface area contributed by atoms with Gasteiger partial charge in [-0.2, -0.15) is 5.10 Å². The minimum absolute atomic E-state index is 0.0182. The van der Waals surface area contributed by atoms with Crippen LogP contribution < -0.4 is 11.1 Å². The summed E-state index contributed by atoms with van der Waals surface area (Å²) in [5.74, 6) is -0.915. The van der Waals surface area contributed by atoms with E-state index in [9.17, 15) is 14.4 Å². The second-order valence-corrected chi connectivity index (χ2v) is 11.1. The van der Waals surface area contributed by atoms with Crippen LogP contribution in [0.4, 0.5) is 0 Å².